The molecule has 1 N–H and O–H groups in total. The molecule has 1 aromatic rings. The summed E-state index contributed by atoms with van der Waals surface area (Å²) in [7, 11) is 0. The van der Waals surface area contributed by atoms with Gasteiger partial charge in [0, 0.05) is 11.3 Å². The first-order valence-electron chi connectivity index (χ1n) is 4.49. The van der Waals surface area contributed by atoms with Crippen LogP contribution in [0.1, 0.15) is 24.2 Å². The van der Waals surface area contributed by atoms with E-state index in [1.54, 1.807) is 13.8 Å². The van der Waals surface area contributed by atoms with Gasteiger partial charge in [-0.25, -0.2) is 0 Å². The fourth-order valence-electron chi connectivity index (χ4n) is 1.17. The highest BCUT2D eigenvalue weighted by atomic mass is 16.1. The van der Waals surface area contributed by atoms with Gasteiger partial charge in [0.2, 0.25) is 0 Å². The number of carbonyl (C=O) groups excluding carboxylic acids is 1. The van der Waals surface area contributed by atoms with Gasteiger partial charge >= 0.3 is 0 Å². The highest BCUT2D eigenvalue weighted by molar-refractivity contribution is 5.99. The van der Waals surface area contributed by atoms with Crippen LogP contribution in [0.5, 0.6) is 0 Å². The molecule has 0 atom stereocenters. The maximum atomic E-state index is 11.2. The zero-order valence-corrected chi connectivity index (χ0v) is 8.42. The summed E-state index contributed by atoms with van der Waals surface area (Å²) < 4.78 is 0. The van der Waals surface area contributed by atoms with Crippen molar-refractivity contribution in [1.82, 2.24) is 0 Å². The van der Waals surface area contributed by atoms with Crippen molar-refractivity contribution >= 4 is 11.5 Å². The quantitative estimate of drug-likeness (QED) is 0.581. The smallest absolute Gasteiger partial charge is 0.161 e. The van der Waals surface area contributed by atoms with Gasteiger partial charge in [0.25, 0.3) is 0 Å². The minimum Gasteiger partial charge on any atom is -0.374 e. The van der Waals surface area contributed by atoms with E-state index in [4.69, 9.17) is 0 Å². The second-order valence-corrected chi connectivity index (χ2v) is 2.88. The van der Waals surface area contributed by atoms with E-state index in [2.05, 4.69) is 17.2 Å². The Balaban J connectivity index is 2.83. The molecule has 0 spiro atoms. The first kappa shape index (κ1) is 10.3. The fourth-order valence-corrected chi connectivity index (χ4v) is 1.17. The van der Waals surface area contributed by atoms with Crippen LogP contribution in [0.3, 0.4) is 0 Å². The number of benzene rings is 1. The zero-order valence-electron chi connectivity index (χ0n) is 8.42. The SMILES string of the molecule is CC#CCNc1ccccc1C(C)=O. The Morgan fingerprint density at radius 3 is 2.79 bits per heavy atom. The lowest BCUT2D eigenvalue weighted by atomic mass is 10.1. The van der Waals surface area contributed by atoms with E-state index >= 15 is 0 Å². The van der Waals surface area contributed by atoms with Crippen molar-refractivity contribution in [2.45, 2.75) is 13.8 Å². The van der Waals surface area contributed by atoms with Gasteiger partial charge in [-0.2, -0.15) is 0 Å². The number of hydrogen-bond donors (Lipinski definition) is 1. The van der Waals surface area contributed by atoms with E-state index in [-0.39, 0.29) is 5.78 Å². The number of carbonyl (C=O) groups is 1. The zero-order chi connectivity index (χ0) is 10.4. The van der Waals surface area contributed by atoms with Crippen LogP contribution in [0.25, 0.3) is 0 Å². The Labute approximate surface area is 84.3 Å². The summed E-state index contributed by atoms with van der Waals surface area (Å²) in [5.41, 5.74) is 1.56. The molecule has 2 heteroatoms. The van der Waals surface area contributed by atoms with Crippen molar-refractivity contribution in [3.05, 3.63) is 29.8 Å². The molecule has 1 rings (SSSR count). The number of para-hydroxylation sites is 1. The summed E-state index contributed by atoms with van der Waals surface area (Å²) in [6.45, 7) is 3.92. The summed E-state index contributed by atoms with van der Waals surface area (Å²) in [6, 6.07) is 7.44. The Hall–Kier alpha value is -1.75. The van der Waals surface area contributed by atoms with Crippen LogP contribution in [-0.2, 0) is 0 Å². The van der Waals surface area contributed by atoms with Crippen LogP contribution < -0.4 is 5.32 Å². The molecule has 1 aromatic carbocycles. The van der Waals surface area contributed by atoms with E-state index in [0.29, 0.717) is 12.1 Å². The van der Waals surface area contributed by atoms with Crippen molar-refractivity contribution in [1.29, 1.82) is 0 Å². The molecule has 0 aromatic heterocycles. The predicted molar refractivity (Wildman–Crippen MR) is 58.4 cm³/mol. The number of rotatable bonds is 3. The van der Waals surface area contributed by atoms with E-state index < -0.39 is 0 Å². The average Bonchev–Trinajstić information content (AvgIpc) is 2.19. The normalized spacial score (nSPS) is 8.71. The number of Topliss-reactive ketones (excluding diaryl/α,β-unsaturated/α-hetero) is 1. The number of nitrogens with one attached hydrogen (secondary N) is 1. The third kappa shape index (κ3) is 2.63. The van der Waals surface area contributed by atoms with Gasteiger partial charge in [-0.3, -0.25) is 4.79 Å². The van der Waals surface area contributed by atoms with Crippen LogP contribution in [0, 0.1) is 11.8 Å². The molecular formula is C12H13NO. The lowest BCUT2D eigenvalue weighted by Crippen LogP contribution is -2.04. The van der Waals surface area contributed by atoms with Gasteiger partial charge in [0.05, 0.1) is 6.54 Å². The molecule has 0 unspecified atom stereocenters. The van der Waals surface area contributed by atoms with Crippen molar-refractivity contribution in [2.75, 3.05) is 11.9 Å². The van der Waals surface area contributed by atoms with Crippen molar-refractivity contribution in [2.24, 2.45) is 0 Å². The molecule has 0 heterocycles. The summed E-state index contributed by atoms with van der Waals surface area (Å²) >= 11 is 0. The van der Waals surface area contributed by atoms with Crippen LogP contribution in [0.2, 0.25) is 0 Å². The largest absolute Gasteiger partial charge is 0.374 e. The molecule has 0 saturated carbocycles. The molecule has 0 amide bonds. The summed E-state index contributed by atoms with van der Waals surface area (Å²) in [5, 5.41) is 3.10. The Bertz CT molecular complexity index is 385. The van der Waals surface area contributed by atoms with E-state index in [1.807, 2.05) is 24.3 Å². The van der Waals surface area contributed by atoms with Crippen LogP contribution in [0.4, 0.5) is 5.69 Å². The minimum absolute atomic E-state index is 0.0672. The van der Waals surface area contributed by atoms with Crippen LogP contribution in [0.15, 0.2) is 24.3 Å². The summed E-state index contributed by atoms with van der Waals surface area (Å²) in [5.74, 6) is 5.75. The topological polar surface area (TPSA) is 29.1 Å². The Morgan fingerprint density at radius 1 is 1.43 bits per heavy atom. The molecule has 0 fully saturated rings. The molecular weight excluding hydrogens is 174 g/mol. The molecule has 14 heavy (non-hydrogen) atoms. The third-order valence-electron chi connectivity index (χ3n) is 1.85. The first-order valence-corrected chi connectivity index (χ1v) is 4.49. The third-order valence-corrected chi connectivity index (χ3v) is 1.85. The van der Waals surface area contributed by atoms with Gasteiger partial charge in [0.15, 0.2) is 5.78 Å². The average molecular weight is 187 g/mol. The van der Waals surface area contributed by atoms with Crippen molar-refractivity contribution in [3.63, 3.8) is 0 Å². The molecule has 2 nitrogen and oxygen atoms in total. The van der Waals surface area contributed by atoms with Crippen molar-refractivity contribution in [3.8, 4) is 11.8 Å². The highest BCUT2D eigenvalue weighted by Crippen LogP contribution is 2.14. The second-order valence-electron chi connectivity index (χ2n) is 2.88. The van der Waals surface area contributed by atoms with E-state index in [1.165, 1.54) is 0 Å². The van der Waals surface area contributed by atoms with E-state index in [9.17, 15) is 4.79 Å². The van der Waals surface area contributed by atoms with E-state index in [0.717, 1.165) is 5.69 Å². The highest BCUT2D eigenvalue weighted by Gasteiger charge is 2.03. The molecule has 0 saturated heterocycles. The van der Waals surface area contributed by atoms with Gasteiger partial charge in [-0.15, -0.1) is 5.92 Å². The first-order chi connectivity index (χ1) is 6.75. The number of anilines is 1. The van der Waals surface area contributed by atoms with Gasteiger partial charge in [-0.05, 0) is 26.0 Å². The molecule has 0 aliphatic carbocycles. The molecule has 0 bridgehead atoms. The Morgan fingerprint density at radius 2 is 2.14 bits per heavy atom. The molecule has 0 aliphatic heterocycles. The maximum absolute atomic E-state index is 11.2. The minimum atomic E-state index is 0.0672. The number of hydrogen-bond acceptors (Lipinski definition) is 2. The predicted octanol–water partition coefficient (Wildman–Crippen LogP) is 2.32. The standard InChI is InChI=1S/C12H13NO/c1-3-4-9-13-12-8-6-5-7-11(12)10(2)14/h5-8,13H,9H2,1-2H3. The maximum Gasteiger partial charge on any atom is 0.161 e. The van der Waals surface area contributed by atoms with Gasteiger partial charge < -0.3 is 5.32 Å². The van der Waals surface area contributed by atoms with Crippen molar-refractivity contribution < 1.29 is 4.79 Å². The van der Waals surface area contributed by atoms with Crippen LogP contribution in [-0.4, -0.2) is 12.3 Å². The number of ketones is 1. The molecule has 0 aliphatic rings. The Kier molecular flexibility index (Phi) is 3.75. The monoisotopic (exact) mass is 187 g/mol. The lowest BCUT2D eigenvalue weighted by Gasteiger charge is -2.06. The molecule has 0 radical (unpaired) electrons. The summed E-state index contributed by atoms with van der Waals surface area (Å²) in [4.78, 5) is 11.2. The van der Waals surface area contributed by atoms with Gasteiger partial charge in [0.1, 0.15) is 0 Å². The lowest BCUT2D eigenvalue weighted by molar-refractivity contribution is 0.101. The molecule has 72 valence electrons. The fraction of sp³-hybridized carbons (Fsp3) is 0.250. The van der Waals surface area contributed by atoms with Crippen LogP contribution >= 0.6 is 0 Å². The second kappa shape index (κ2) is 5.08. The van der Waals surface area contributed by atoms with Gasteiger partial charge in [-0.1, -0.05) is 18.1 Å². The summed E-state index contributed by atoms with van der Waals surface area (Å²) in [6.07, 6.45) is 0.